The molecule has 1 aliphatic carbocycles. The van der Waals surface area contributed by atoms with Gasteiger partial charge in [0.2, 0.25) is 0 Å². The zero-order valence-corrected chi connectivity index (χ0v) is 10.1. The standard InChI is InChI=1S/C12H16O2.CH2O2/c1-13-12(14-2)8-11(9-12)10-6-4-3-5-7-10;2-1-3/h3-7,11H,8-9H2,1-2H3;1H,(H,2,3). The minimum absolute atomic E-state index is 0.250. The lowest BCUT2D eigenvalue weighted by atomic mass is 9.74. The predicted octanol–water partition coefficient (Wildman–Crippen LogP) is 2.25. The number of carbonyl (C=O) groups is 1. The summed E-state index contributed by atoms with van der Waals surface area (Å²) in [5.74, 6) is 0.275. The van der Waals surface area contributed by atoms with Crippen LogP contribution in [0, 0.1) is 0 Å². The molecule has 1 aliphatic rings. The molecule has 0 spiro atoms. The van der Waals surface area contributed by atoms with Crippen LogP contribution in [0.2, 0.25) is 0 Å². The maximum absolute atomic E-state index is 8.36. The average molecular weight is 238 g/mol. The third kappa shape index (κ3) is 3.28. The van der Waals surface area contributed by atoms with Gasteiger partial charge in [-0.15, -0.1) is 0 Å². The zero-order chi connectivity index (χ0) is 12.7. The molecule has 1 fully saturated rings. The van der Waals surface area contributed by atoms with Crippen LogP contribution in [0.15, 0.2) is 30.3 Å². The SMILES string of the molecule is COC1(OC)CC(c2ccccc2)C1.O=CO. The normalized spacial score (nSPS) is 17.5. The average Bonchev–Trinajstić information content (AvgIpc) is 2.31. The Labute approximate surface area is 101 Å². The molecule has 4 nitrogen and oxygen atoms in total. The highest BCUT2D eigenvalue weighted by atomic mass is 16.7. The van der Waals surface area contributed by atoms with Crippen molar-refractivity contribution >= 4 is 6.47 Å². The molecule has 0 saturated heterocycles. The number of ether oxygens (including phenoxy) is 2. The lowest BCUT2D eigenvalue weighted by molar-refractivity contribution is -0.257. The second-order valence-electron chi connectivity index (χ2n) is 3.94. The Hall–Kier alpha value is -1.39. The van der Waals surface area contributed by atoms with E-state index in [-0.39, 0.29) is 12.3 Å². The molecule has 1 aromatic carbocycles. The van der Waals surface area contributed by atoms with E-state index in [4.69, 9.17) is 19.4 Å². The van der Waals surface area contributed by atoms with Gasteiger partial charge in [0, 0.05) is 27.1 Å². The van der Waals surface area contributed by atoms with Crippen molar-refractivity contribution in [2.24, 2.45) is 0 Å². The van der Waals surface area contributed by atoms with Gasteiger partial charge in [-0.05, 0) is 11.5 Å². The second-order valence-corrected chi connectivity index (χ2v) is 3.94. The Morgan fingerprint density at radius 3 is 2.12 bits per heavy atom. The predicted molar refractivity (Wildman–Crippen MR) is 63.9 cm³/mol. The Bertz CT molecular complexity index is 325. The molecule has 4 heteroatoms. The van der Waals surface area contributed by atoms with Gasteiger partial charge in [-0.25, -0.2) is 0 Å². The molecule has 0 amide bonds. The summed E-state index contributed by atoms with van der Waals surface area (Å²) in [5, 5.41) is 6.89. The van der Waals surface area contributed by atoms with Crippen molar-refractivity contribution in [3.63, 3.8) is 0 Å². The Morgan fingerprint density at radius 2 is 1.71 bits per heavy atom. The summed E-state index contributed by atoms with van der Waals surface area (Å²) in [4.78, 5) is 8.36. The largest absolute Gasteiger partial charge is 0.483 e. The van der Waals surface area contributed by atoms with E-state index in [0.717, 1.165) is 12.8 Å². The van der Waals surface area contributed by atoms with Crippen LogP contribution in [0.5, 0.6) is 0 Å². The van der Waals surface area contributed by atoms with Crippen LogP contribution in [0.4, 0.5) is 0 Å². The summed E-state index contributed by atoms with van der Waals surface area (Å²) in [7, 11) is 3.43. The number of hydrogen-bond acceptors (Lipinski definition) is 3. The molecule has 94 valence electrons. The first kappa shape index (κ1) is 13.7. The van der Waals surface area contributed by atoms with Crippen LogP contribution in [0.1, 0.15) is 24.3 Å². The van der Waals surface area contributed by atoms with E-state index in [1.54, 1.807) is 14.2 Å². The van der Waals surface area contributed by atoms with Crippen molar-refractivity contribution in [3.05, 3.63) is 35.9 Å². The van der Waals surface area contributed by atoms with E-state index in [0.29, 0.717) is 5.92 Å². The maximum atomic E-state index is 8.36. The van der Waals surface area contributed by atoms with Crippen molar-refractivity contribution in [2.75, 3.05) is 14.2 Å². The van der Waals surface area contributed by atoms with Gasteiger partial charge >= 0.3 is 0 Å². The molecular weight excluding hydrogens is 220 g/mol. The third-order valence-corrected chi connectivity index (χ3v) is 3.13. The van der Waals surface area contributed by atoms with Gasteiger partial charge in [0.25, 0.3) is 6.47 Å². The topological polar surface area (TPSA) is 55.8 Å². The highest BCUT2D eigenvalue weighted by Crippen LogP contribution is 2.46. The molecule has 0 aromatic heterocycles. The van der Waals surface area contributed by atoms with Crippen molar-refractivity contribution in [1.29, 1.82) is 0 Å². The van der Waals surface area contributed by atoms with Gasteiger partial charge in [0.1, 0.15) is 0 Å². The van der Waals surface area contributed by atoms with Gasteiger partial charge in [-0.1, -0.05) is 30.3 Å². The fourth-order valence-corrected chi connectivity index (χ4v) is 2.07. The number of rotatable bonds is 3. The van der Waals surface area contributed by atoms with E-state index >= 15 is 0 Å². The van der Waals surface area contributed by atoms with Crippen LogP contribution in [-0.2, 0) is 14.3 Å². The second kappa shape index (κ2) is 6.37. The molecule has 17 heavy (non-hydrogen) atoms. The highest BCUT2D eigenvalue weighted by molar-refractivity contribution is 5.32. The first-order valence-corrected chi connectivity index (χ1v) is 5.44. The number of carboxylic acid groups (broad SMARTS) is 1. The first-order chi connectivity index (χ1) is 8.21. The summed E-state index contributed by atoms with van der Waals surface area (Å²) in [5.41, 5.74) is 1.39. The van der Waals surface area contributed by atoms with E-state index in [1.165, 1.54) is 5.56 Å². The van der Waals surface area contributed by atoms with Gasteiger partial charge in [-0.3, -0.25) is 4.79 Å². The molecule has 0 unspecified atom stereocenters. The van der Waals surface area contributed by atoms with E-state index in [1.807, 2.05) is 6.07 Å². The summed E-state index contributed by atoms with van der Waals surface area (Å²) < 4.78 is 10.7. The number of hydrogen-bond donors (Lipinski definition) is 1. The Balaban J connectivity index is 0.000000437. The third-order valence-electron chi connectivity index (χ3n) is 3.13. The maximum Gasteiger partial charge on any atom is 0.290 e. The molecule has 1 N–H and O–H groups in total. The minimum Gasteiger partial charge on any atom is -0.483 e. The fraction of sp³-hybridized carbons (Fsp3) is 0.462. The van der Waals surface area contributed by atoms with Crippen molar-refractivity contribution in [2.45, 2.75) is 24.5 Å². The summed E-state index contributed by atoms with van der Waals surface area (Å²) in [6.07, 6.45) is 1.92. The molecule has 2 rings (SSSR count). The van der Waals surface area contributed by atoms with E-state index < -0.39 is 0 Å². The van der Waals surface area contributed by atoms with Crippen LogP contribution in [-0.4, -0.2) is 31.6 Å². The van der Waals surface area contributed by atoms with Crippen LogP contribution in [0.25, 0.3) is 0 Å². The summed E-state index contributed by atoms with van der Waals surface area (Å²) >= 11 is 0. The lowest BCUT2D eigenvalue weighted by Crippen LogP contribution is -2.45. The summed E-state index contributed by atoms with van der Waals surface area (Å²) in [6, 6.07) is 10.5. The molecule has 1 saturated carbocycles. The summed E-state index contributed by atoms with van der Waals surface area (Å²) in [6.45, 7) is -0.250. The first-order valence-electron chi connectivity index (χ1n) is 5.44. The molecule has 1 aromatic rings. The smallest absolute Gasteiger partial charge is 0.290 e. The molecule has 0 radical (unpaired) electrons. The fourth-order valence-electron chi connectivity index (χ4n) is 2.07. The van der Waals surface area contributed by atoms with Gasteiger partial charge < -0.3 is 14.6 Å². The quantitative estimate of drug-likeness (QED) is 0.648. The number of benzene rings is 1. The van der Waals surface area contributed by atoms with Crippen molar-refractivity contribution in [1.82, 2.24) is 0 Å². The van der Waals surface area contributed by atoms with Crippen molar-refractivity contribution in [3.8, 4) is 0 Å². The molecule has 0 heterocycles. The van der Waals surface area contributed by atoms with Gasteiger partial charge in [0.05, 0.1) is 0 Å². The molecule has 0 atom stereocenters. The van der Waals surface area contributed by atoms with E-state index in [9.17, 15) is 0 Å². The minimum atomic E-state index is -0.319. The highest BCUT2D eigenvalue weighted by Gasteiger charge is 2.45. The Morgan fingerprint density at radius 1 is 1.24 bits per heavy atom. The van der Waals surface area contributed by atoms with Gasteiger partial charge in [0.15, 0.2) is 5.79 Å². The Kier molecular flexibility index (Phi) is 5.12. The van der Waals surface area contributed by atoms with Crippen LogP contribution < -0.4 is 0 Å². The van der Waals surface area contributed by atoms with Gasteiger partial charge in [-0.2, -0.15) is 0 Å². The van der Waals surface area contributed by atoms with Crippen molar-refractivity contribution < 1.29 is 19.4 Å². The number of methoxy groups -OCH3 is 2. The van der Waals surface area contributed by atoms with E-state index in [2.05, 4.69) is 24.3 Å². The molecule has 0 aliphatic heterocycles. The van der Waals surface area contributed by atoms with Crippen LogP contribution >= 0.6 is 0 Å². The van der Waals surface area contributed by atoms with Crippen LogP contribution in [0.3, 0.4) is 0 Å². The lowest BCUT2D eigenvalue weighted by Gasteiger charge is -2.45. The zero-order valence-electron chi connectivity index (χ0n) is 10.1. The monoisotopic (exact) mass is 238 g/mol. The molecular formula is C13H18O4. The molecule has 0 bridgehead atoms.